The molecule has 0 saturated carbocycles. The van der Waals surface area contributed by atoms with Gasteiger partial charge >= 0.3 is 5.97 Å². The summed E-state index contributed by atoms with van der Waals surface area (Å²) in [7, 11) is 0. The quantitative estimate of drug-likeness (QED) is 0.770. The Morgan fingerprint density at radius 1 is 1.53 bits per heavy atom. The van der Waals surface area contributed by atoms with Gasteiger partial charge in [-0.05, 0) is 24.5 Å². The fourth-order valence-corrected chi connectivity index (χ4v) is 1.88. The van der Waals surface area contributed by atoms with Crippen LogP contribution in [-0.2, 0) is 11.2 Å². The van der Waals surface area contributed by atoms with Crippen LogP contribution < -0.4 is 0 Å². The molecule has 2 rings (SSSR count). The van der Waals surface area contributed by atoms with Gasteiger partial charge in [0.25, 0.3) is 0 Å². The zero-order chi connectivity index (χ0) is 12.3. The zero-order valence-corrected chi connectivity index (χ0v) is 9.14. The molecular formula is C12H12N2O3. The van der Waals surface area contributed by atoms with Crippen molar-refractivity contribution in [2.24, 2.45) is 0 Å². The molecule has 2 N–H and O–H groups in total. The highest BCUT2D eigenvalue weighted by atomic mass is 16.4. The lowest BCUT2D eigenvalue weighted by atomic mass is 10.0. The Bertz CT molecular complexity index is 560. The second kappa shape index (κ2) is 4.78. The van der Waals surface area contributed by atoms with E-state index in [9.17, 15) is 9.59 Å². The van der Waals surface area contributed by atoms with E-state index in [1.54, 1.807) is 12.4 Å². The van der Waals surface area contributed by atoms with E-state index >= 15 is 0 Å². The van der Waals surface area contributed by atoms with Gasteiger partial charge in [-0.2, -0.15) is 0 Å². The van der Waals surface area contributed by atoms with Crippen LogP contribution in [0.1, 0.15) is 28.8 Å². The van der Waals surface area contributed by atoms with E-state index in [0.29, 0.717) is 24.1 Å². The van der Waals surface area contributed by atoms with E-state index in [1.165, 1.54) is 0 Å². The molecule has 5 heteroatoms. The van der Waals surface area contributed by atoms with Crippen molar-refractivity contribution in [1.29, 1.82) is 0 Å². The first kappa shape index (κ1) is 11.3. The third kappa shape index (κ3) is 2.33. The van der Waals surface area contributed by atoms with Gasteiger partial charge in [-0.3, -0.25) is 9.59 Å². The Kier molecular flexibility index (Phi) is 3.18. The van der Waals surface area contributed by atoms with Gasteiger partial charge in [0.05, 0.1) is 0 Å². The van der Waals surface area contributed by atoms with Gasteiger partial charge < -0.3 is 10.1 Å². The monoisotopic (exact) mass is 232 g/mol. The van der Waals surface area contributed by atoms with Crippen LogP contribution in [0.4, 0.5) is 0 Å². The van der Waals surface area contributed by atoms with Gasteiger partial charge in [-0.25, -0.2) is 4.98 Å². The number of carbonyl (C=O) groups excluding carboxylic acids is 1. The summed E-state index contributed by atoms with van der Waals surface area (Å²) in [5.41, 5.74) is 2.19. The largest absolute Gasteiger partial charge is 0.481 e. The average Bonchev–Trinajstić information content (AvgIpc) is 2.72. The first-order valence-corrected chi connectivity index (χ1v) is 5.34. The topological polar surface area (TPSA) is 83.0 Å². The minimum Gasteiger partial charge on any atom is -0.481 e. The molecule has 0 unspecified atom stereocenters. The number of H-pyrrole nitrogens is 1. The lowest BCUT2D eigenvalue weighted by molar-refractivity contribution is -0.137. The molecule has 0 bridgehead atoms. The summed E-state index contributed by atoms with van der Waals surface area (Å²) < 4.78 is 0. The lowest BCUT2D eigenvalue weighted by Gasteiger charge is -2.02. The number of carboxylic acid groups (broad SMARTS) is 1. The second-order valence-corrected chi connectivity index (χ2v) is 3.80. The van der Waals surface area contributed by atoms with Gasteiger partial charge in [-0.1, -0.05) is 0 Å². The number of pyridine rings is 1. The van der Waals surface area contributed by atoms with Crippen LogP contribution in [0, 0.1) is 0 Å². The van der Waals surface area contributed by atoms with Crippen molar-refractivity contribution >= 4 is 23.3 Å². The van der Waals surface area contributed by atoms with E-state index < -0.39 is 5.97 Å². The Balaban J connectivity index is 2.29. The highest BCUT2D eigenvalue weighted by Gasteiger charge is 2.09. The average molecular weight is 232 g/mol. The summed E-state index contributed by atoms with van der Waals surface area (Å²) in [5, 5.41) is 9.39. The van der Waals surface area contributed by atoms with Gasteiger partial charge in [0.2, 0.25) is 0 Å². The van der Waals surface area contributed by atoms with E-state index in [0.717, 1.165) is 17.2 Å². The molecule has 0 saturated heterocycles. The standard InChI is InChI=1S/C12H12N2O3/c15-7-9-6-14-12-11(9)8(4-5-13-12)2-1-3-10(16)17/h4-7H,1-3H2,(H,13,14)(H,16,17). The van der Waals surface area contributed by atoms with Crippen molar-refractivity contribution in [3.05, 3.63) is 29.6 Å². The summed E-state index contributed by atoms with van der Waals surface area (Å²) in [6.07, 6.45) is 5.36. The molecule has 2 aromatic heterocycles. The van der Waals surface area contributed by atoms with Crippen molar-refractivity contribution in [3.63, 3.8) is 0 Å². The Morgan fingerprint density at radius 3 is 3.06 bits per heavy atom. The highest BCUT2D eigenvalue weighted by Crippen LogP contribution is 2.21. The molecule has 0 spiro atoms. The maximum atomic E-state index is 10.9. The van der Waals surface area contributed by atoms with E-state index in [4.69, 9.17) is 5.11 Å². The molecule has 0 amide bonds. The van der Waals surface area contributed by atoms with E-state index in [-0.39, 0.29) is 6.42 Å². The van der Waals surface area contributed by atoms with E-state index in [2.05, 4.69) is 9.97 Å². The number of carboxylic acids is 1. The number of aldehydes is 1. The van der Waals surface area contributed by atoms with Crippen molar-refractivity contribution in [1.82, 2.24) is 9.97 Å². The number of fused-ring (bicyclic) bond motifs is 1. The molecule has 0 atom stereocenters. The number of nitrogens with one attached hydrogen (secondary N) is 1. The number of aromatic amines is 1. The minimum atomic E-state index is -0.806. The SMILES string of the molecule is O=Cc1c[nH]c2nccc(CCCC(=O)O)c12. The van der Waals surface area contributed by atoms with Crippen molar-refractivity contribution in [2.45, 2.75) is 19.3 Å². The number of hydrogen-bond donors (Lipinski definition) is 2. The third-order valence-electron chi connectivity index (χ3n) is 2.65. The molecule has 0 radical (unpaired) electrons. The van der Waals surface area contributed by atoms with Crippen molar-refractivity contribution in [3.8, 4) is 0 Å². The summed E-state index contributed by atoms with van der Waals surface area (Å²) in [6, 6.07) is 1.82. The molecule has 0 aliphatic rings. The summed E-state index contributed by atoms with van der Waals surface area (Å²) in [5.74, 6) is -0.806. The number of aryl methyl sites for hydroxylation is 1. The number of aliphatic carboxylic acids is 1. The third-order valence-corrected chi connectivity index (χ3v) is 2.65. The maximum absolute atomic E-state index is 10.9. The Hall–Kier alpha value is -2.17. The number of nitrogens with zero attached hydrogens (tertiary/aromatic N) is 1. The van der Waals surface area contributed by atoms with Crippen LogP contribution in [0.2, 0.25) is 0 Å². The fourth-order valence-electron chi connectivity index (χ4n) is 1.88. The number of carbonyl (C=O) groups is 2. The van der Waals surface area contributed by atoms with Crippen LogP contribution in [-0.4, -0.2) is 27.3 Å². The Labute approximate surface area is 97.5 Å². The van der Waals surface area contributed by atoms with Crippen LogP contribution in [0.25, 0.3) is 11.0 Å². The smallest absolute Gasteiger partial charge is 0.303 e. The molecule has 0 aromatic carbocycles. The van der Waals surface area contributed by atoms with Crippen LogP contribution >= 0.6 is 0 Å². The maximum Gasteiger partial charge on any atom is 0.303 e. The van der Waals surface area contributed by atoms with Crippen LogP contribution in [0.3, 0.4) is 0 Å². The molecule has 2 aromatic rings. The molecule has 0 aliphatic heterocycles. The van der Waals surface area contributed by atoms with E-state index in [1.807, 2.05) is 6.07 Å². The predicted molar refractivity (Wildman–Crippen MR) is 62.1 cm³/mol. The zero-order valence-electron chi connectivity index (χ0n) is 9.14. The fraction of sp³-hybridized carbons (Fsp3) is 0.250. The highest BCUT2D eigenvalue weighted by molar-refractivity contribution is 5.97. The van der Waals surface area contributed by atoms with Crippen molar-refractivity contribution in [2.75, 3.05) is 0 Å². The molecule has 17 heavy (non-hydrogen) atoms. The van der Waals surface area contributed by atoms with Crippen molar-refractivity contribution < 1.29 is 14.7 Å². The molecular weight excluding hydrogens is 220 g/mol. The van der Waals surface area contributed by atoms with Gasteiger partial charge in [0.15, 0.2) is 6.29 Å². The number of hydrogen-bond acceptors (Lipinski definition) is 3. The summed E-state index contributed by atoms with van der Waals surface area (Å²) in [6.45, 7) is 0. The van der Waals surface area contributed by atoms with Crippen LogP contribution in [0.5, 0.6) is 0 Å². The molecule has 2 heterocycles. The van der Waals surface area contributed by atoms with Crippen LogP contribution in [0.15, 0.2) is 18.5 Å². The normalized spacial score (nSPS) is 10.6. The van der Waals surface area contributed by atoms with Gasteiger partial charge in [0, 0.05) is 29.8 Å². The molecule has 88 valence electrons. The van der Waals surface area contributed by atoms with Gasteiger partial charge in [0.1, 0.15) is 5.65 Å². The summed E-state index contributed by atoms with van der Waals surface area (Å²) in [4.78, 5) is 28.4. The molecule has 5 nitrogen and oxygen atoms in total. The Morgan fingerprint density at radius 2 is 2.35 bits per heavy atom. The minimum absolute atomic E-state index is 0.130. The molecule has 0 fully saturated rings. The number of aromatic nitrogens is 2. The summed E-state index contributed by atoms with van der Waals surface area (Å²) >= 11 is 0. The second-order valence-electron chi connectivity index (χ2n) is 3.80. The first-order chi connectivity index (χ1) is 8.22. The molecule has 0 aliphatic carbocycles. The predicted octanol–water partition coefficient (Wildman–Crippen LogP) is 1.78. The lowest BCUT2D eigenvalue weighted by Crippen LogP contribution is -1.97. The first-order valence-electron chi connectivity index (χ1n) is 5.34. The van der Waals surface area contributed by atoms with Gasteiger partial charge in [-0.15, -0.1) is 0 Å². The number of rotatable bonds is 5.